The second-order valence-corrected chi connectivity index (χ2v) is 21.3. The molecule has 0 aliphatic heterocycles. The van der Waals surface area contributed by atoms with E-state index < -0.39 is 20.8 Å². The summed E-state index contributed by atoms with van der Waals surface area (Å²) in [5, 5.41) is 0. The molecule has 0 heterocycles. The summed E-state index contributed by atoms with van der Waals surface area (Å²) in [5.74, 6) is 9.03. The van der Waals surface area contributed by atoms with E-state index in [0.717, 1.165) is 59.2 Å². The molecule has 2 aromatic carbocycles. The van der Waals surface area contributed by atoms with E-state index in [-0.39, 0.29) is 25.7 Å². The first-order valence-corrected chi connectivity index (χ1v) is 24.3. The zero-order chi connectivity index (χ0) is 31.8. The number of halogens is 2. The van der Waals surface area contributed by atoms with Crippen LogP contribution in [0.2, 0.25) is 0 Å². The molecule has 10 atom stereocenters. The zero-order valence-corrected chi connectivity index (χ0v) is 35.0. The Balaban J connectivity index is 0.00000111. The van der Waals surface area contributed by atoms with Crippen LogP contribution in [-0.2, 0) is 31.7 Å². The molecule has 0 amide bonds. The number of fused-ring (bicyclic) bond motifs is 2. The van der Waals surface area contributed by atoms with Gasteiger partial charge in [0.25, 0.3) is 0 Å². The van der Waals surface area contributed by atoms with E-state index in [1.807, 2.05) is 0 Å². The van der Waals surface area contributed by atoms with Gasteiger partial charge in [0.1, 0.15) is 0 Å². The van der Waals surface area contributed by atoms with Crippen LogP contribution in [0.25, 0.3) is 0 Å². The van der Waals surface area contributed by atoms with Crippen LogP contribution in [0.4, 0.5) is 0 Å². The minimum absolute atomic E-state index is 0. The average molecular weight is 745 g/mol. The fourth-order valence-corrected chi connectivity index (χ4v) is 10.8. The molecule has 0 N–H and O–H groups in total. The van der Waals surface area contributed by atoms with Crippen molar-refractivity contribution in [1.29, 1.82) is 0 Å². The van der Waals surface area contributed by atoms with Crippen LogP contribution in [0.1, 0.15) is 147 Å². The van der Waals surface area contributed by atoms with Gasteiger partial charge in [0.05, 0.1) is 0 Å². The normalized spacial score (nSPS) is 33.7. The number of hydrogen-bond donors (Lipinski definition) is 0. The molecule has 2 aromatic rings. The van der Waals surface area contributed by atoms with Crippen LogP contribution in [0.5, 0.6) is 0 Å². The molecule has 0 radical (unpaired) electrons. The maximum atomic E-state index is 4.93. The molecule has 6 rings (SSSR count). The van der Waals surface area contributed by atoms with Crippen LogP contribution >= 0.6 is 17.0 Å². The number of hydrogen-bond acceptors (Lipinski definition) is 0. The summed E-state index contributed by atoms with van der Waals surface area (Å²) < 4.78 is 0. The molecule has 4 aliphatic carbocycles. The fourth-order valence-electron chi connectivity index (χ4n) is 10.8. The van der Waals surface area contributed by atoms with Crippen molar-refractivity contribution in [2.75, 3.05) is 0 Å². The minimum atomic E-state index is -0.826. The van der Waals surface area contributed by atoms with Crippen molar-refractivity contribution < 1.29 is 20.8 Å². The molecule has 0 spiro atoms. The van der Waals surface area contributed by atoms with Gasteiger partial charge in [0.15, 0.2) is 0 Å². The van der Waals surface area contributed by atoms with Crippen LogP contribution in [0.15, 0.2) is 48.5 Å². The van der Waals surface area contributed by atoms with Crippen molar-refractivity contribution >= 4 is 17.0 Å². The molecule has 4 saturated carbocycles. The van der Waals surface area contributed by atoms with Gasteiger partial charge >= 0.3 is 37.9 Å². The van der Waals surface area contributed by atoms with E-state index in [1.54, 1.807) is 11.1 Å². The summed E-state index contributed by atoms with van der Waals surface area (Å²) >= 11 is -0.826. The number of benzene rings is 2. The summed E-state index contributed by atoms with van der Waals surface area (Å²) in [6.07, 6.45) is 13.2. The summed E-state index contributed by atoms with van der Waals surface area (Å²) in [6, 6.07) is 19.8. The molecular weight excluding hydrogens is 679 g/mol. The Morgan fingerprint density at radius 2 is 0.891 bits per heavy atom. The van der Waals surface area contributed by atoms with Crippen molar-refractivity contribution in [3.63, 3.8) is 0 Å². The standard InChI is InChI=1S/C41H60.2CH3.2ClH.Zr/c1-26-23-38-32(28-15-19-30(20-16-28)40(3,4)5)11-9-13-34(38)36(26)25-37-27(2)24-39-33(12-10-14-35(37)39)29-17-21-31(22-18-29)41(6,7)8;;;;;/h15-22,26-27,32-39H,9-14,23-25H2,1-8H3;2*1H3;2*1H;/q;2*-1;;;+4/p-2. The molecule has 0 saturated heterocycles. The maximum absolute atomic E-state index is 4.93. The molecule has 46 heavy (non-hydrogen) atoms. The summed E-state index contributed by atoms with van der Waals surface area (Å²) in [7, 11) is 9.87. The third-order valence-corrected chi connectivity index (χ3v) is 13.0. The monoisotopic (exact) mass is 742 g/mol. The Bertz CT molecular complexity index is 1100. The second-order valence-electron chi connectivity index (χ2n) is 17.5. The molecule has 256 valence electrons. The molecule has 0 bridgehead atoms. The van der Waals surface area contributed by atoms with Gasteiger partial charge in [-0.15, -0.1) is 0 Å². The number of rotatable bonds is 4. The predicted molar refractivity (Wildman–Crippen MR) is 201 cm³/mol. The van der Waals surface area contributed by atoms with E-state index in [1.165, 1.54) is 68.9 Å². The van der Waals surface area contributed by atoms with Crippen LogP contribution in [0, 0.1) is 62.2 Å². The van der Waals surface area contributed by atoms with E-state index in [9.17, 15) is 0 Å². The Hall–Kier alpha value is -0.0969. The van der Waals surface area contributed by atoms with Gasteiger partial charge in [0.2, 0.25) is 0 Å². The van der Waals surface area contributed by atoms with Crippen LogP contribution in [0.3, 0.4) is 0 Å². The van der Waals surface area contributed by atoms with E-state index in [2.05, 4.69) is 104 Å². The first-order chi connectivity index (χ1) is 20.8. The summed E-state index contributed by atoms with van der Waals surface area (Å²) in [6.45, 7) is 19.3. The van der Waals surface area contributed by atoms with Gasteiger partial charge in [-0.2, -0.15) is 0 Å². The van der Waals surface area contributed by atoms with Gasteiger partial charge in [-0.3, -0.25) is 0 Å². The molecule has 10 unspecified atom stereocenters. The average Bonchev–Trinajstić information content (AvgIpc) is 3.48. The SMILES string of the molecule is CC1CC2C(c3ccc(C(C)(C)C)cc3)CCCC2C1CC1C(C)CC2C(c3ccc(C(C)(C)C)cc3)CCCC12.[CH3-].[CH3-].[Cl][Zr+2][Cl]. The van der Waals surface area contributed by atoms with Crippen molar-refractivity contribution in [3.8, 4) is 0 Å². The fraction of sp³-hybridized carbons (Fsp3) is 0.674. The quantitative estimate of drug-likeness (QED) is 0.274. The van der Waals surface area contributed by atoms with Gasteiger partial charge in [-0.25, -0.2) is 0 Å². The van der Waals surface area contributed by atoms with Gasteiger partial charge in [-0.05, 0) is 137 Å². The topological polar surface area (TPSA) is 0 Å². The van der Waals surface area contributed by atoms with E-state index in [4.69, 9.17) is 17.0 Å². The second kappa shape index (κ2) is 16.7. The Kier molecular flexibility index (Phi) is 14.7. The Morgan fingerprint density at radius 3 is 1.20 bits per heavy atom. The van der Waals surface area contributed by atoms with Crippen molar-refractivity contribution in [2.24, 2.45) is 47.3 Å². The molecule has 3 heteroatoms. The van der Waals surface area contributed by atoms with Gasteiger partial charge < -0.3 is 14.9 Å². The van der Waals surface area contributed by atoms with Crippen molar-refractivity contribution in [3.05, 3.63) is 85.6 Å². The first kappa shape index (κ1) is 40.3. The van der Waals surface area contributed by atoms with Crippen molar-refractivity contribution in [1.82, 2.24) is 0 Å². The third-order valence-electron chi connectivity index (χ3n) is 13.0. The molecule has 0 nitrogen and oxygen atoms in total. The van der Waals surface area contributed by atoms with Gasteiger partial charge in [-0.1, -0.05) is 117 Å². The molecule has 4 aliphatic rings. The molecular formula is C43H66Cl2Zr. The summed E-state index contributed by atoms with van der Waals surface area (Å²) in [4.78, 5) is 0. The summed E-state index contributed by atoms with van der Waals surface area (Å²) in [5.41, 5.74) is 6.72. The third kappa shape index (κ3) is 8.79. The predicted octanol–water partition coefficient (Wildman–Crippen LogP) is 14.0. The van der Waals surface area contributed by atoms with Crippen LogP contribution in [-0.4, -0.2) is 0 Å². The zero-order valence-electron chi connectivity index (χ0n) is 31.0. The Morgan fingerprint density at radius 1 is 0.565 bits per heavy atom. The first-order valence-electron chi connectivity index (χ1n) is 18.0. The molecule has 0 aromatic heterocycles. The van der Waals surface area contributed by atoms with E-state index >= 15 is 0 Å². The van der Waals surface area contributed by atoms with Gasteiger partial charge in [0, 0.05) is 0 Å². The molecule has 4 fully saturated rings. The Labute approximate surface area is 304 Å². The van der Waals surface area contributed by atoms with E-state index in [0.29, 0.717) is 0 Å². The van der Waals surface area contributed by atoms with Crippen LogP contribution < -0.4 is 0 Å². The van der Waals surface area contributed by atoms with Crippen molar-refractivity contribution in [2.45, 2.75) is 136 Å².